The molecule has 0 rings (SSSR count). The second kappa shape index (κ2) is 9.07. The van der Waals surface area contributed by atoms with Gasteiger partial charge >= 0.3 is 0 Å². The maximum Gasteiger partial charge on any atom is -0.0386 e. The first-order valence-electron chi connectivity index (χ1n) is 7.52. The highest BCUT2D eigenvalue weighted by Gasteiger charge is 2.19. The van der Waals surface area contributed by atoms with Crippen molar-refractivity contribution >= 4 is 0 Å². The largest absolute Gasteiger partial charge is 0.0654 e. The fraction of sp³-hybridized carbons (Fsp3) is 1.00. The molecule has 16 heavy (non-hydrogen) atoms. The van der Waals surface area contributed by atoms with Gasteiger partial charge in [-0.1, -0.05) is 73.6 Å². The molecule has 0 aromatic heterocycles. The van der Waals surface area contributed by atoms with E-state index in [4.69, 9.17) is 0 Å². The minimum Gasteiger partial charge on any atom is -0.0654 e. The lowest BCUT2D eigenvalue weighted by molar-refractivity contribution is 0.230. The molecule has 0 heterocycles. The summed E-state index contributed by atoms with van der Waals surface area (Å²) in [4.78, 5) is 0. The Morgan fingerprint density at radius 2 is 1.25 bits per heavy atom. The van der Waals surface area contributed by atoms with Crippen LogP contribution in [0, 0.1) is 23.7 Å². The van der Waals surface area contributed by atoms with Crippen molar-refractivity contribution in [2.45, 2.75) is 80.1 Å². The molecular formula is C16H34. The van der Waals surface area contributed by atoms with Gasteiger partial charge < -0.3 is 0 Å². The van der Waals surface area contributed by atoms with E-state index in [1.807, 2.05) is 0 Å². The summed E-state index contributed by atoms with van der Waals surface area (Å²) in [6.45, 7) is 14.3. The molecule has 0 spiro atoms. The Kier molecular flexibility index (Phi) is 9.07. The van der Waals surface area contributed by atoms with Gasteiger partial charge in [0.25, 0.3) is 0 Å². The zero-order valence-electron chi connectivity index (χ0n) is 12.6. The molecule has 0 amide bonds. The summed E-state index contributed by atoms with van der Waals surface area (Å²) in [6.07, 6.45) is 8.43. The molecule has 98 valence electrons. The van der Waals surface area contributed by atoms with Gasteiger partial charge in [-0.2, -0.15) is 0 Å². The van der Waals surface area contributed by atoms with Crippen LogP contribution >= 0.6 is 0 Å². The van der Waals surface area contributed by atoms with Gasteiger partial charge in [-0.15, -0.1) is 0 Å². The summed E-state index contributed by atoms with van der Waals surface area (Å²) in [7, 11) is 0. The predicted molar refractivity (Wildman–Crippen MR) is 75.7 cm³/mol. The summed E-state index contributed by atoms with van der Waals surface area (Å²) in [5.74, 6) is 3.64. The third-order valence-corrected chi connectivity index (χ3v) is 4.27. The first kappa shape index (κ1) is 16.0. The van der Waals surface area contributed by atoms with E-state index in [9.17, 15) is 0 Å². The van der Waals surface area contributed by atoms with E-state index in [0.717, 1.165) is 23.7 Å². The smallest absolute Gasteiger partial charge is 0.0386 e. The Hall–Kier alpha value is 0. The van der Waals surface area contributed by atoms with Crippen molar-refractivity contribution in [1.82, 2.24) is 0 Å². The van der Waals surface area contributed by atoms with E-state index in [1.54, 1.807) is 0 Å². The molecule has 3 atom stereocenters. The molecule has 0 nitrogen and oxygen atoms in total. The summed E-state index contributed by atoms with van der Waals surface area (Å²) in [5.41, 5.74) is 0. The molecule has 0 N–H and O–H groups in total. The summed E-state index contributed by atoms with van der Waals surface area (Å²) in [6, 6.07) is 0. The summed E-state index contributed by atoms with van der Waals surface area (Å²) >= 11 is 0. The second-order valence-electron chi connectivity index (χ2n) is 6.12. The third-order valence-electron chi connectivity index (χ3n) is 4.27. The van der Waals surface area contributed by atoms with Crippen LogP contribution in [0.1, 0.15) is 80.1 Å². The number of hydrogen-bond acceptors (Lipinski definition) is 0. The lowest BCUT2D eigenvalue weighted by atomic mass is 9.78. The van der Waals surface area contributed by atoms with Gasteiger partial charge in [-0.25, -0.2) is 0 Å². The van der Waals surface area contributed by atoms with Crippen molar-refractivity contribution in [3.63, 3.8) is 0 Å². The Balaban J connectivity index is 4.02. The quantitative estimate of drug-likeness (QED) is 0.458. The molecule has 0 aliphatic rings. The van der Waals surface area contributed by atoms with E-state index in [0.29, 0.717) is 0 Å². The molecule has 3 unspecified atom stereocenters. The molecule has 0 aromatic carbocycles. The van der Waals surface area contributed by atoms with Crippen LogP contribution in [-0.2, 0) is 0 Å². The lowest BCUT2D eigenvalue weighted by Gasteiger charge is -2.27. The second-order valence-corrected chi connectivity index (χ2v) is 6.12. The standard InChI is InChI=1S/C16H34/c1-7-9-14(5)11-12-16(10-8-2)15(6)13(3)4/h13-16H,7-12H2,1-6H3. The van der Waals surface area contributed by atoms with E-state index < -0.39 is 0 Å². The first-order valence-corrected chi connectivity index (χ1v) is 7.52. The van der Waals surface area contributed by atoms with Gasteiger partial charge in [0, 0.05) is 0 Å². The van der Waals surface area contributed by atoms with Gasteiger partial charge in [-0.05, 0) is 30.1 Å². The fourth-order valence-electron chi connectivity index (χ4n) is 2.72. The lowest BCUT2D eigenvalue weighted by Crippen LogP contribution is -2.18. The van der Waals surface area contributed by atoms with Crippen LogP contribution in [0.15, 0.2) is 0 Å². The normalized spacial score (nSPS) is 17.4. The van der Waals surface area contributed by atoms with Gasteiger partial charge in [0.2, 0.25) is 0 Å². The summed E-state index contributed by atoms with van der Waals surface area (Å²) < 4.78 is 0. The van der Waals surface area contributed by atoms with Crippen LogP contribution in [0.5, 0.6) is 0 Å². The van der Waals surface area contributed by atoms with E-state index in [1.165, 1.54) is 38.5 Å². The highest BCUT2D eigenvalue weighted by molar-refractivity contribution is 4.70. The molecule has 0 fully saturated rings. The van der Waals surface area contributed by atoms with Gasteiger partial charge in [0.15, 0.2) is 0 Å². The summed E-state index contributed by atoms with van der Waals surface area (Å²) in [5, 5.41) is 0. The van der Waals surface area contributed by atoms with Crippen molar-refractivity contribution in [2.24, 2.45) is 23.7 Å². The highest BCUT2D eigenvalue weighted by atomic mass is 14.2. The Morgan fingerprint density at radius 1 is 0.688 bits per heavy atom. The molecule has 0 aromatic rings. The zero-order valence-corrected chi connectivity index (χ0v) is 12.6. The van der Waals surface area contributed by atoms with E-state index >= 15 is 0 Å². The monoisotopic (exact) mass is 226 g/mol. The average molecular weight is 226 g/mol. The predicted octanol–water partition coefficient (Wildman–Crippen LogP) is 5.91. The Bertz CT molecular complexity index is 148. The molecule has 0 saturated carbocycles. The van der Waals surface area contributed by atoms with E-state index in [-0.39, 0.29) is 0 Å². The number of hydrogen-bond donors (Lipinski definition) is 0. The molecule has 0 heteroatoms. The molecule has 0 radical (unpaired) electrons. The van der Waals surface area contributed by atoms with Crippen LogP contribution in [0.2, 0.25) is 0 Å². The highest BCUT2D eigenvalue weighted by Crippen LogP contribution is 2.30. The molecule has 0 bridgehead atoms. The minimum atomic E-state index is 0.845. The van der Waals surface area contributed by atoms with E-state index in [2.05, 4.69) is 41.5 Å². The van der Waals surface area contributed by atoms with Crippen LogP contribution in [-0.4, -0.2) is 0 Å². The molecule has 0 aliphatic heterocycles. The van der Waals surface area contributed by atoms with Gasteiger partial charge in [0.05, 0.1) is 0 Å². The SMILES string of the molecule is CCCC(C)CCC(CCC)C(C)C(C)C. The average Bonchev–Trinajstić information content (AvgIpc) is 2.23. The van der Waals surface area contributed by atoms with Crippen LogP contribution in [0.25, 0.3) is 0 Å². The maximum absolute atomic E-state index is 2.45. The van der Waals surface area contributed by atoms with Crippen LogP contribution in [0.3, 0.4) is 0 Å². The molecule has 0 aliphatic carbocycles. The Labute approximate surface area is 104 Å². The fourth-order valence-corrected chi connectivity index (χ4v) is 2.72. The molecular weight excluding hydrogens is 192 g/mol. The Morgan fingerprint density at radius 3 is 1.69 bits per heavy atom. The zero-order chi connectivity index (χ0) is 12.6. The molecule has 0 saturated heterocycles. The van der Waals surface area contributed by atoms with Crippen molar-refractivity contribution in [2.75, 3.05) is 0 Å². The van der Waals surface area contributed by atoms with Crippen molar-refractivity contribution in [1.29, 1.82) is 0 Å². The number of rotatable bonds is 9. The third kappa shape index (κ3) is 6.55. The topological polar surface area (TPSA) is 0 Å². The van der Waals surface area contributed by atoms with Gasteiger partial charge in [0.1, 0.15) is 0 Å². The first-order chi connectivity index (χ1) is 7.52. The van der Waals surface area contributed by atoms with Crippen LogP contribution in [0.4, 0.5) is 0 Å². The van der Waals surface area contributed by atoms with Crippen molar-refractivity contribution in [3.05, 3.63) is 0 Å². The van der Waals surface area contributed by atoms with Crippen molar-refractivity contribution in [3.8, 4) is 0 Å². The maximum atomic E-state index is 2.45. The van der Waals surface area contributed by atoms with Crippen molar-refractivity contribution < 1.29 is 0 Å². The minimum absolute atomic E-state index is 0.845. The van der Waals surface area contributed by atoms with Gasteiger partial charge in [-0.3, -0.25) is 0 Å². The van der Waals surface area contributed by atoms with Crippen LogP contribution < -0.4 is 0 Å².